The van der Waals surface area contributed by atoms with Gasteiger partial charge in [-0.2, -0.15) is 0 Å². The van der Waals surface area contributed by atoms with Gasteiger partial charge in [0.15, 0.2) is 0 Å². The molecule has 0 fully saturated rings. The van der Waals surface area contributed by atoms with E-state index in [1.807, 2.05) is 0 Å². The molecule has 19 heavy (non-hydrogen) atoms. The summed E-state index contributed by atoms with van der Waals surface area (Å²) in [4.78, 5) is 0. The number of nitrogens with one attached hydrogen (secondary N) is 1. The fourth-order valence-corrected chi connectivity index (χ4v) is 2.23. The van der Waals surface area contributed by atoms with Crippen LogP contribution >= 0.6 is 0 Å². The van der Waals surface area contributed by atoms with Crippen molar-refractivity contribution in [2.24, 2.45) is 5.73 Å². The molecule has 3 N–H and O–H groups in total. The van der Waals surface area contributed by atoms with Crippen molar-refractivity contribution in [1.29, 1.82) is 0 Å². The third kappa shape index (κ3) is 5.21. The Labute approximate surface area is 117 Å². The van der Waals surface area contributed by atoms with Crippen LogP contribution in [-0.4, -0.2) is 25.7 Å². The highest BCUT2D eigenvalue weighted by Crippen LogP contribution is 2.21. The normalized spacial score (nSPS) is 11.6. The van der Waals surface area contributed by atoms with Gasteiger partial charge in [-0.15, -0.1) is 0 Å². The lowest BCUT2D eigenvalue weighted by atomic mass is 10.00. The van der Waals surface area contributed by atoms with Crippen LogP contribution in [0, 0.1) is 0 Å². The van der Waals surface area contributed by atoms with Gasteiger partial charge in [-0.25, -0.2) is 0 Å². The molecule has 0 aliphatic rings. The van der Waals surface area contributed by atoms with Gasteiger partial charge >= 0.3 is 0 Å². The molecule has 3 heteroatoms. The van der Waals surface area contributed by atoms with Gasteiger partial charge in [0, 0.05) is 5.54 Å². The second-order valence-corrected chi connectivity index (χ2v) is 5.60. The summed E-state index contributed by atoms with van der Waals surface area (Å²) in [5, 5.41) is 3.56. The molecule has 0 bridgehead atoms. The van der Waals surface area contributed by atoms with Crippen molar-refractivity contribution >= 4 is 0 Å². The fourth-order valence-electron chi connectivity index (χ4n) is 2.23. The van der Waals surface area contributed by atoms with E-state index in [9.17, 15) is 0 Å². The van der Waals surface area contributed by atoms with Crippen molar-refractivity contribution in [2.75, 3.05) is 20.2 Å². The van der Waals surface area contributed by atoms with Crippen LogP contribution in [0.25, 0.3) is 0 Å². The highest BCUT2D eigenvalue weighted by Gasteiger charge is 2.15. The zero-order valence-electron chi connectivity index (χ0n) is 12.8. The third-order valence-corrected chi connectivity index (χ3v) is 3.52. The van der Waals surface area contributed by atoms with E-state index in [2.05, 4.69) is 44.3 Å². The topological polar surface area (TPSA) is 47.3 Å². The Morgan fingerprint density at radius 3 is 2.63 bits per heavy atom. The second-order valence-electron chi connectivity index (χ2n) is 5.60. The van der Waals surface area contributed by atoms with Crippen LogP contribution in [0.5, 0.6) is 5.75 Å². The van der Waals surface area contributed by atoms with E-state index >= 15 is 0 Å². The minimum atomic E-state index is 0.102. The van der Waals surface area contributed by atoms with E-state index in [-0.39, 0.29) is 5.54 Å². The molecular weight excluding hydrogens is 236 g/mol. The first-order valence-electron chi connectivity index (χ1n) is 7.13. The van der Waals surface area contributed by atoms with Crippen molar-refractivity contribution in [3.8, 4) is 5.75 Å². The van der Waals surface area contributed by atoms with Crippen LogP contribution in [0.1, 0.15) is 38.3 Å². The summed E-state index contributed by atoms with van der Waals surface area (Å²) in [7, 11) is 1.73. The summed E-state index contributed by atoms with van der Waals surface area (Å²) in [6.45, 7) is 8.22. The Hall–Kier alpha value is -1.06. The average Bonchev–Trinajstić information content (AvgIpc) is 2.38. The molecule has 108 valence electrons. The molecule has 0 unspecified atom stereocenters. The quantitative estimate of drug-likeness (QED) is 0.758. The maximum absolute atomic E-state index is 5.62. The molecule has 1 rings (SSSR count). The van der Waals surface area contributed by atoms with Crippen molar-refractivity contribution in [2.45, 2.75) is 45.6 Å². The maximum atomic E-state index is 5.62. The summed E-state index contributed by atoms with van der Waals surface area (Å²) in [6, 6.07) is 6.45. The molecule has 0 saturated carbocycles. The molecule has 3 nitrogen and oxygen atoms in total. The Morgan fingerprint density at radius 1 is 1.32 bits per heavy atom. The van der Waals surface area contributed by atoms with E-state index in [0.29, 0.717) is 6.54 Å². The van der Waals surface area contributed by atoms with Gasteiger partial charge in [-0.05, 0) is 63.4 Å². The molecule has 0 spiro atoms. The average molecular weight is 264 g/mol. The molecule has 0 atom stereocenters. The maximum Gasteiger partial charge on any atom is 0.122 e. The largest absolute Gasteiger partial charge is 0.496 e. The second kappa shape index (κ2) is 7.51. The first kappa shape index (κ1) is 16.0. The minimum Gasteiger partial charge on any atom is -0.496 e. The fraction of sp³-hybridized carbons (Fsp3) is 0.625. The van der Waals surface area contributed by atoms with Gasteiger partial charge in [0.1, 0.15) is 5.75 Å². The Balaban J connectivity index is 2.61. The first-order chi connectivity index (χ1) is 9.02. The Kier molecular flexibility index (Phi) is 6.32. The van der Waals surface area contributed by atoms with Crippen LogP contribution in [0.2, 0.25) is 0 Å². The lowest BCUT2D eigenvalue weighted by Crippen LogP contribution is -2.42. The number of hydrogen-bond donors (Lipinski definition) is 2. The van der Waals surface area contributed by atoms with Crippen molar-refractivity contribution in [3.63, 3.8) is 0 Å². The molecule has 0 aliphatic carbocycles. The van der Waals surface area contributed by atoms with Gasteiger partial charge < -0.3 is 15.8 Å². The molecule has 0 saturated heterocycles. The summed E-state index contributed by atoms with van der Waals surface area (Å²) in [6.07, 6.45) is 3.02. The number of hydrogen-bond acceptors (Lipinski definition) is 3. The van der Waals surface area contributed by atoms with Crippen LogP contribution in [0.15, 0.2) is 18.2 Å². The highest BCUT2D eigenvalue weighted by atomic mass is 16.5. The van der Waals surface area contributed by atoms with Gasteiger partial charge in [0.05, 0.1) is 7.11 Å². The van der Waals surface area contributed by atoms with Crippen molar-refractivity contribution in [3.05, 3.63) is 29.3 Å². The van der Waals surface area contributed by atoms with E-state index < -0.39 is 0 Å². The number of methoxy groups -OCH3 is 1. The number of nitrogens with two attached hydrogens (primary N) is 1. The van der Waals surface area contributed by atoms with E-state index in [1.165, 1.54) is 11.1 Å². The lowest BCUT2D eigenvalue weighted by molar-refractivity contribution is 0.367. The summed E-state index contributed by atoms with van der Waals surface area (Å²) < 4.78 is 5.43. The van der Waals surface area contributed by atoms with Gasteiger partial charge in [0.25, 0.3) is 0 Å². The van der Waals surface area contributed by atoms with Crippen LogP contribution in [-0.2, 0) is 12.8 Å². The monoisotopic (exact) mass is 264 g/mol. The van der Waals surface area contributed by atoms with Crippen molar-refractivity contribution in [1.82, 2.24) is 5.32 Å². The van der Waals surface area contributed by atoms with Gasteiger partial charge in [-0.1, -0.05) is 19.1 Å². The molecule has 0 radical (unpaired) electrons. The van der Waals surface area contributed by atoms with Crippen LogP contribution in [0.4, 0.5) is 0 Å². The first-order valence-corrected chi connectivity index (χ1v) is 7.13. The predicted molar refractivity (Wildman–Crippen MR) is 81.8 cm³/mol. The van der Waals surface area contributed by atoms with E-state index in [0.717, 1.165) is 31.6 Å². The van der Waals surface area contributed by atoms with Crippen LogP contribution < -0.4 is 15.8 Å². The SMILES string of the molecule is CCc1ccc(OC)c(CCNC(C)(C)CCN)c1. The predicted octanol–water partition coefficient (Wildman–Crippen LogP) is 2.52. The summed E-state index contributed by atoms with van der Waals surface area (Å²) in [5.74, 6) is 0.982. The highest BCUT2D eigenvalue weighted by molar-refractivity contribution is 5.37. The molecule has 0 amide bonds. The lowest BCUT2D eigenvalue weighted by Gasteiger charge is -2.26. The van der Waals surface area contributed by atoms with Gasteiger partial charge in [-0.3, -0.25) is 0 Å². The molecule has 1 aromatic carbocycles. The van der Waals surface area contributed by atoms with E-state index in [4.69, 9.17) is 10.5 Å². The zero-order valence-corrected chi connectivity index (χ0v) is 12.8. The minimum absolute atomic E-state index is 0.102. The zero-order chi connectivity index (χ0) is 14.3. The molecular formula is C16H28N2O. The number of rotatable bonds is 8. The van der Waals surface area contributed by atoms with E-state index in [1.54, 1.807) is 7.11 Å². The number of aryl methyl sites for hydroxylation is 1. The van der Waals surface area contributed by atoms with Gasteiger partial charge in [0.2, 0.25) is 0 Å². The molecule has 1 aromatic rings. The molecule has 0 aliphatic heterocycles. The molecule has 0 aromatic heterocycles. The number of ether oxygens (including phenoxy) is 1. The summed E-state index contributed by atoms with van der Waals surface area (Å²) >= 11 is 0. The van der Waals surface area contributed by atoms with Crippen LogP contribution in [0.3, 0.4) is 0 Å². The summed E-state index contributed by atoms with van der Waals surface area (Å²) in [5.41, 5.74) is 8.36. The smallest absolute Gasteiger partial charge is 0.122 e. The Morgan fingerprint density at radius 2 is 2.05 bits per heavy atom. The Bertz CT molecular complexity index is 388. The van der Waals surface area contributed by atoms with Crippen molar-refractivity contribution < 1.29 is 4.74 Å². The third-order valence-electron chi connectivity index (χ3n) is 3.52. The number of benzene rings is 1. The molecule has 0 heterocycles. The standard InChI is InChI=1S/C16H28N2O/c1-5-13-6-7-15(19-4)14(12-13)8-11-18-16(2,3)9-10-17/h6-7,12,18H,5,8-11,17H2,1-4H3.